The molecule has 0 saturated heterocycles. The zero-order valence-corrected chi connectivity index (χ0v) is 33.5. The van der Waals surface area contributed by atoms with Crippen molar-refractivity contribution in [3.05, 3.63) is 36.5 Å². The van der Waals surface area contributed by atoms with Gasteiger partial charge in [0.25, 0.3) is 0 Å². The molecule has 1 atom stereocenters. The number of esters is 1. The molecule has 0 aliphatic carbocycles. The van der Waals surface area contributed by atoms with Gasteiger partial charge in [-0.05, 0) is 89.9 Å². The lowest BCUT2D eigenvalue weighted by Crippen LogP contribution is -2.18. The minimum Gasteiger partial charge on any atom is -0.481 e. The Bertz CT molecular complexity index is 798. The third-order valence-corrected chi connectivity index (χ3v) is 9.83. The minimum absolute atomic E-state index is 0.0978. The van der Waals surface area contributed by atoms with Crippen molar-refractivity contribution in [1.29, 1.82) is 0 Å². The Labute approximate surface area is 311 Å². The zero-order chi connectivity index (χ0) is 36.4. The van der Waals surface area contributed by atoms with Crippen LogP contribution in [0.4, 0.5) is 0 Å². The summed E-state index contributed by atoms with van der Waals surface area (Å²) in [6, 6.07) is 0. The van der Waals surface area contributed by atoms with Crippen molar-refractivity contribution in [2.45, 2.75) is 245 Å². The molecular weight excluding hydrogens is 617 g/mol. The fourth-order valence-electron chi connectivity index (χ4n) is 6.57. The fourth-order valence-corrected chi connectivity index (χ4v) is 6.57. The molecule has 50 heavy (non-hydrogen) atoms. The van der Waals surface area contributed by atoms with Crippen molar-refractivity contribution in [3.63, 3.8) is 0 Å². The number of aliphatic carboxylic acids is 1. The number of unbranched alkanes of at least 4 members (excludes halogenated alkanes) is 25. The Morgan fingerprint density at radius 3 is 1.30 bits per heavy atom. The molecule has 0 amide bonds. The largest absolute Gasteiger partial charge is 0.481 e. The maximum atomic E-state index is 12.6. The highest BCUT2D eigenvalue weighted by atomic mass is 16.5. The monoisotopic (exact) mass is 701 g/mol. The average Bonchev–Trinajstić information content (AvgIpc) is 3.10. The first-order valence-corrected chi connectivity index (χ1v) is 22.0. The van der Waals surface area contributed by atoms with E-state index in [9.17, 15) is 9.59 Å². The lowest BCUT2D eigenvalue weighted by atomic mass is 10.0. The first-order valence-electron chi connectivity index (χ1n) is 22.0. The highest BCUT2D eigenvalue weighted by Crippen LogP contribution is 2.18. The molecule has 0 spiro atoms. The summed E-state index contributed by atoms with van der Waals surface area (Å²) in [5, 5.41) is 9.05. The van der Waals surface area contributed by atoms with Crippen molar-refractivity contribution >= 4 is 11.9 Å². The van der Waals surface area contributed by atoms with E-state index < -0.39 is 5.97 Å². The third-order valence-electron chi connectivity index (χ3n) is 9.83. The summed E-state index contributed by atoms with van der Waals surface area (Å²) in [7, 11) is 0. The Morgan fingerprint density at radius 2 is 0.800 bits per heavy atom. The van der Waals surface area contributed by atoms with Crippen molar-refractivity contribution in [2.75, 3.05) is 0 Å². The number of carbonyl (C=O) groups is 2. The number of carbonyl (C=O) groups excluding carboxylic acids is 1. The van der Waals surface area contributed by atoms with E-state index >= 15 is 0 Å². The minimum atomic E-state index is -0.770. The summed E-state index contributed by atoms with van der Waals surface area (Å²) in [6.45, 7) is 4.53. The van der Waals surface area contributed by atoms with Gasteiger partial charge in [0, 0.05) is 12.8 Å². The summed E-state index contributed by atoms with van der Waals surface area (Å²) in [6.07, 6.45) is 54.5. The van der Waals surface area contributed by atoms with Crippen molar-refractivity contribution < 1.29 is 19.4 Å². The number of hydrogen-bond acceptors (Lipinski definition) is 3. The zero-order valence-electron chi connectivity index (χ0n) is 33.5. The second-order valence-electron chi connectivity index (χ2n) is 14.9. The van der Waals surface area contributed by atoms with E-state index in [1.165, 1.54) is 161 Å². The van der Waals surface area contributed by atoms with Gasteiger partial charge in [0.2, 0.25) is 0 Å². The highest BCUT2D eigenvalue weighted by molar-refractivity contribution is 5.69. The lowest BCUT2D eigenvalue weighted by molar-refractivity contribution is -0.150. The van der Waals surface area contributed by atoms with E-state index in [1.807, 2.05) is 0 Å². The molecule has 0 saturated carbocycles. The Morgan fingerprint density at radius 1 is 0.440 bits per heavy atom. The molecule has 0 aromatic heterocycles. The SMILES string of the molecule is CCCCC/C=C\C/C=C\CCCC/C=C\CCCCCCCC(=O)OC(CCCCCCCCCCCCCCCCC)CCCC(=O)O. The van der Waals surface area contributed by atoms with Crippen LogP contribution in [-0.2, 0) is 14.3 Å². The summed E-state index contributed by atoms with van der Waals surface area (Å²) in [5.41, 5.74) is 0. The molecule has 4 nitrogen and oxygen atoms in total. The molecule has 292 valence electrons. The van der Waals surface area contributed by atoms with Crippen LogP contribution in [0.25, 0.3) is 0 Å². The van der Waals surface area contributed by atoms with Gasteiger partial charge in [-0.15, -0.1) is 0 Å². The maximum absolute atomic E-state index is 12.6. The standard InChI is InChI=1S/C46H84O4/c1-3-5-7-9-11-13-15-17-19-20-21-22-23-24-26-28-30-32-34-36-38-43-46(49)50-44(41-39-42-45(47)48)40-37-35-33-31-29-27-25-18-16-14-12-10-8-6-4-2/h11,13,17,19,24,26,44H,3-10,12,14-16,18,20-23,25,27-43H2,1-2H3,(H,47,48)/b13-11-,19-17-,26-24-. The highest BCUT2D eigenvalue weighted by Gasteiger charge is 2.15. The topological polar surface area (TPSA) is 63.6 Å². The molecule has 0 aromatic rings. The molecule has 0 heterocycles. The lowest BCUT2D eigenvalue weighted by Gasteiger charge is -2.18. The van der Waals surface area contributed by atoms with Gasteiger partial charge in [-0.1, -0.05) is 172 Å². The van der Waals surface area contributed by atoms with Crippen LogP contribution in [-0.4, -0.2) is 23.1 Å². The van der Waals surface area contributed by atoms with Crippen LogP contribution in [0.2, 0.25) is 0 Å². The maximum Gasteiger partial charge on any atom is 0.306 e. The molecule has 0 aliphatic heterocycles. The molecule has 0 bridgehead atoms. The predicted molar refractivity (Wildman–Crippen MR) is 218 cm³/mol. The van der Waals surface area contributed by atoms with Crippen molar-refractivity contribution in [1.82, 2.24) is 0 Å². The predicted octanol–water partition coefficient (Wildman–Crippen LogP) is 15.3. The van der Waals surface area contributed by atoms with Gasteiger partial charge in [0.15, 0.2) is 0 Å². The normalized spacial score (nSPS) is 12.5. The summed E-state index contributed by atoms with van der Waals surface area (Å²) >= 11 is 0. The average molecular weight is 701 g/mol. The van der Waals surface area contributed by atoms with Crippen LogP contribution >= 0.6 is 0 Å². The van der Waals surface area contributed by atoms with Gasteiger partial charge in [-0.3, -0.25) is 9.59 Å². The van der Waals surface area contributed by atoms with E-state index in [1.54, 1.807) is 0 Å². The molecule has 0 aliphatic rings. The molecule has 1 unspecified atom stereocenters. The van der Waals surface area contributed by atoms with Gasteiger partial charge in [-0.2, -0.15) is 0 Å². The first kappa shape index (κ1) is 48.2. The van der Waals surface area contributed by atoms with Gasteiger partial charge in [0.05, 0.1) is 0 Å². The molecule has 1 N–H and O–H groups in total. The quantitative estimate of drug-likeness (QED) is 0.0393. The van der Waals surface area contributed by atoms with Gasteiger partial charge in [-0.25, -0.2) is 0 Å². The molecular formula is C46H84O4. The number of carboxylic acid groups (broad SMARTS) is 1. The van der Waals surface area contributed by atoms with E-state index in [0.29, 0.717) is 19.3 Å². The van der Waals surface area contributed by atoms with Crippen LogP contribution in [0, 0.1) is 0 Å². The number of allylic oxidation sites excluding steroid dienone is 6. The molecule has 4 heteroatoms. The number of carboxylic acids is 1. The number of rotatable bonds is 40. The summed E-state index contributed by atoms with van der Waals surface area (Å²) < 4.78 is 5.85. The van der Waals surface area contributed by atoms with Gasteiger partial charge >= 0.3 is 11.9 Å². The number of ether oxygens (including phenoxy) is 1. The fraction of sp³-hybridized carbons (Fsp3) is 0.826. The van der Waals surface area contributed by atoms with Crippen molar-refractivity contribution in [2.24, 2.45) is 0 Å². The third kappa shape index (κ3) is 40.6. The Balaban J connectivity index is 3.79. The molecule has 0 radical (unpaired) electrons. The second-order valence-corrected chi connectivity index (χ2v) is 14.9. The van der Waals surface area contributed by atoms with Gasteiger partial charge in [0.1, 0.15) is 6.10 Å². The van der Waals surface area contributed by atoms with E-state index in [0.717, 1.165) is 38.5 Å². The van der Waals surface area contributed by atoms with Crippen molar-refractivity contribution in [3.8, 4) is 0 Å². The van der Waals surface area contributed by atoms with Crippen LogP contribution < -0.4 is 0 Å². The smallest absolute Gasteiger partial charge is 0.306 e. The van der Waals surface area contributed by atoms with Crippen LogP contribution in [0.3, 0.4) is 0 Å². The molecule has 0 aromatic carbocycles. The van der Waals surface area contributed by atoms with Crippen LogP contribution in [0.1, 0.15) is 239 Å². The molecule has 0 rings (SSSR count). The van der Waals surface area contributed by atoms with Crippen LogP contribution in [0.15, 0.2) is 36.5 Å². The Kier molecular flexibility index (Phi) is 40.0. The summed E-state index contributed by atoms with van der Waals surface area (Å²) in [4.78, 5) is 23.6. The molecule has 0 fully saturated rings. The van der Waals surface area contributed by atoms with Crippen LogP contribution in [0.5, 0.6) is 0 Å². The van der Waals surface area contributed by atoms with E-state index in [4.69, 9.17) is 9.84 Å². The van der Waals surface area contributed by atoms with E-state index in [-0.39, 0.29) is 18.5 Å². The first-order chi connectivity index (χ1) is 24.6. The van der Waals surface area contributed by atoms with E-state index in [2.05, 4.69) is 50.3 Å². The second kappa shape index (κ2) is 41.6. The van der Waals surface area contributed by atoms with Gasteiger partial charge < -0.3 is 9.84 Å². The summed E-state index contributed by atoms with van der Waals surface area (Å²) in [5.74, 6) is -0.868. The Hall–Kier alpha value is -1.84. The number of hydrogen-bond donors (Lipinski definition) is 1.